The summed E-state index contributed by atoms with van der Waals surface area (Å²) in [5.41, 5.74) is 1.35. The molecule has 1 aromatic carbocycles. The molecule has 1 aromatic rings. The molecule has 0 spiro atoms. The summed E-state index contributed by atoms with van der Waals surface area (Å²) in [6, 6.07) is 7.04. The van der Waals surface area contributed by atoms with E-state index < -0.39 is 0 Å². The Labute approximate surface area is 126 Å². The van der Waals surface area contributed by atoms with Crippen LogP contribution in [-0.4, -0.2) is 31.1 Å². The SMILES string of the molecule is CC(C)NCCN(C)Cc1cc(I)ccc1Br. The maximum atomic E-state index is 3.60. The Morgan fingerprint density at radius 2 is 2.12 bits per heavy atom. The van der Waals surface area contributed by atoms with E-state index in [0.717, 1.165) is 19.6 Å². The fraction of sp³-hybridized carbons (Fsp3) is 0.538. The quantitative estimate of drug-likeness (QED) is 0.722. The molecule has 0 atom stereocenters. The van der Waals surface area contributed by atoms with Gasteiger partial charge >= 0.3 is 0 Å². The Bertz CT molecular complexity index is 355. The monoisotopic (exact) mass is 410 g/mol. The van der Waals surface area contributed by atoms with Gasteiger partial charge in [0.2, 0.25) is 0 Å². The van der Waals surface area contributed by atoms with Crippen molar-refractivity contribution in [3.05, 3.63) is 31.8 Å². The Morgan fingerprint density at radius 3 is 2.76 bits per heavy atom. The number of halogens is 2. The standard InChI is InChI=1S/C13H20BrIN2/c1-10(2)16-6-7-17(3)9-11-8-12(15)4-5-13(11)14/h4-5,8,10,16H,6-7,9H2,1-3H3. The molecule has 0 aliphatic carbocycles. The molecule has 0 bridgehead atoms. The van der Waals surface area contributed by atoms with Gasteiger partial charge in [-0.2, -0.15) is 0 Å². The molecule has 1 N–H and O–H groups in total. The van der Waals surface area contributed by atoms with Crippen molar-refractivity contribution < 1.29 is 0 Å². The Hall–Kier alpha value is 0.350. The van der Waals surface area contributed by atoms with E-state index in [1.807, 2.05) is 0 Å². The normalized spacial score (nSPS) is 11.5. The van der Waals surface area contributed by atoms with Crippen LogP contribution in [-0.2, 0) is 6.54 Å². The predicted molar refractivity (Wildman–Crippen MR) is 86.3 cm³/mol. The van der Waals surface area contributed by atoms with Gasteiger partial charge < -0.3 is 10.2 Å². The lowest BCUT2D eigenvalue weighted by molar-refractivity contribution is 0.319. The first-order valence-corrected chi connectivity index (χ1v) is 7.72. The molecule has 96 valence electrons. The highest BCUT2D eigenvalue weighted by atomic mass is 127. The summed E-state index contributed by atoms with van der Waals surface area (Å²) in [5, 5.41) is 3.43. The molecule has 0 heterocycles. The second-order valence-corrected chi connectivity index (χ2v) is 6.68. The van der Waals surface area contributed by atoms with Gasteiger partial charge in [0.25, 0.3) is 0 Å². The molecule has 17 heavy (non-hydrogen) atoms. The number of nitrogens with zero attached hydrogens (tertiary/aromatic N) is 1. The first-order valence-electron chi connectivity index (χ1n) is 5.85. The molecule has 0 aliphatic rings. The van der Waals surface area contributed by atoms with Crippen LogP contribution in [0.2, 0.25) is 0 Å². The van der Waals surface area contributed by atoms with E-state index in [1.54, 1.807) is 0 Å². The third-order valence-corrected chi connectivity index (χ3v) is 3.94. The summed E-state index contributed by atoms with van der Waals surface area (Å²) in [6.07, 6.45) is 0. The van der Waals surface area contributed by atoms with Crippen LogP contribution in [0.25, 0.3) is 0 Å². The molecule has 0 saturated carbocycles. The maximum absolute atomic E-state index is 3.60. The van der Waals surface area contributed by atoms with E-state index in [1.165, 1.54) is 13.6 Å². The van der Waals surface area contributed by atoms with Crippen LogP contribution in [0.3, 0.4) is 0 Å². The van der Waals surface area contributed by atoms with Crippen LogP contribution >= 0.6 is 38.5 Å². The van der Waals surface area contributed by atoms with Gasteiger partial charge in [-0.1, -0.05) is 29.8 Å². The van der Waals surface area contributed by atoms with E-state index in [2.05, 4.69) is 87.8 Å². The van der Waals surface area contributed by atoms with Gasteiger partial charge in [0.05, 0.1) is 0 Å². The van der Waals surface area contributed by atoms with E-state index in [0.29, 0.717) is 6.04 Å². The summed E-state index contributed by atoms with van der Waals surface area (Å²) >= 11 is 5.96. The van der Waals surface area contributed by atoms with Gasteiger partial charge in [-0.05, 0) is 53.4 Å². The highest BCUT2D eigenvalue weighted by Gasteiger charge is 2.05. The molecule has 0 fully saturated rings. The molecule has 0 aliphatic heterocycles. The summed E-state index contributed by atoms with van der Waals surface area (Å²) in [7, 11) is 2.16. The number of hydrogen-bond acceptors (Lipinski definition) is 2. The number of likely N-dealkylation sites (N-methyl/N-ethyl adjacent to an activating group) is 1. The maximum Gasteiger partial charge on any atom is 0.0242 e. The highest BCUT2D eigenvalue weighted by Crippen LogP contribution is 2.20. The van der Waals surface area contributed by atoms with Gasteiger partial charge in [0, 0.05) is 33.7 Å². The van der Waals surface area contributed by atoms with Crippen molar-refractivity contribution >= 4 is 38.5 Å². The molecule has 0 saturated heterocycles. The van der Waals surface area contributed by atoms with Crippen LogP contribution in [0.15, 0.2) is 22.7 Å². The topological polar surface area (TPSA) is 15.3 Å². The largest absolute Gasteiger partial charge is 0.313 e. The zero-order valence-corrected chi connectivity index (χ0v) is 14.4. The van der Waals surface area contributed by atoms with Crippen molar-refractivity contribution in [2.24, 2.45) is 0 Å². The molecular formula is C13H20BrIN2. The smallest absolute Gasteiger partial charge is 0.0242 e. The lowest BCUT2D eigenvalue weighted by Gasteiger charge is -2.19. The van der Waals surface area contributed by atoms with Crippen molar-refractivity contribution in [1.29, 1.82) is 0 Å². The zero-order chi connectivity index (χ0) is 12.8. The van der Waals surface area contributed by atoms with Crippen molar-refractivity contribution in [3.63, 3.8) is 0 Å². The van der Waals surface area contributed by atoms with Gasteiger partial charge in [-0.15, -0.1) is 0 Å². The minimum Gasteiger partial charge on any atom is -0.313 e. The van der Waals surface area contributed by atoms with Gasteiger partial charge in [0.15, 0.2) is 0 Å². The van der Waals surface area contributed by atoms with E-state index in [4.69, 9.17) is 0 Å². The summed E-state index contributed by atoms with van der Waals surface area (Å²) in [4.78, 5) is 2.34. The first kappa shape index (κ1) is 15.4. The van der Waals surface area contributed by atoms with Crippen LogP contribution in [0.1, 0.15) is 19.4 Å². The van der Waals surface area contributed by atoms with Crippen LogP contribution in [0, 0.1) is 3.57 Å². The second kappa shape index (κ2) is 7.71. The number of benzene rings is 1. The fourth-order valence-corrected chi connectivity index (χ4v) is 2.51. The van der Waals surface area contributed by atoms with Gasteiger partial charge in [-0.25, -0.2) is 0 Å². The number of hydrogen-bond donors (Lipinski definition) is 1. The Morgan fingerprint density at radius 1 is 1.41 bits per heavy atom. The van der Waals surface area contributed by atoms with Gasteiger partial charge in [0.1, 0.15) is 0 Å². The lowest BCUT2D eigenvalue weighted by Crippen LogP contribution is -2.32. The third kappa shape index (κ3) is 6.18. The van der Waals surface area contributed by atoms with Crippen LogP contribution in [0.4, 0.5) is 0 Å². The van der Waals surface area contributed by atoms with Crippen LogP contribution < -0.4 is 5.32 Å². The van der Waals surface area contributed by atoms with Crippen LogP contribution in [0.5, 0.6) is 0 Å². The van der Waals surface area contributed by atoms with Crippen molar-refractivity contribution in [2.75, 3.05) is 20.1 Å². The van der Waals surface area contributed by atoms with Crippen molar-refractivity contribution in [1.82, 2.24) is 10.2 Å². The summed E-state index contributed by atoms with van der Waals surface area (Å²) < 4.78 is 2.48. The molecule has 0 amide bonds. The molecule has 0 radical (unpaired) electrons. The molecular weight excluding hydrogens is 391 g/mol. The molecule has 2 nitrogen and oxygen atoms in total. The first-order chi connectivity index (χ1) is 7.99. The van der Waals surface area contributed by atoms with E-state index in [-0.39, 0.29) is 0 Å². The number of rotatable bonds is 6. The fourth-order valence-electron chi connectivity index (χ4n) is 1.58. The predicted octanol–water partition coefficient (Wildman–Crippen LogP) is 3.48. The number of nitrogens with one attached hydrogen (secondary N) is 1. The zero-order valence-electron chi connectivity index (χ0n) is 10.6. The summed E-state index contributed by atoms with van der Waals surface area (Å²) in [5.74, 6) is 0. The van der Waals surface area contributed by atoms with E-state index in [9.17, 15) is 0 Å². The Kier molecular flexibility index (Phi) is 6.99. The van der Waals surface area contributed by atoms with Crippen molar-refractivity contribution in [2.45, 2.75) is 26.4 Å². The third-order valence-electron chi connectivity index (χ3n) is 2.49. The molecule has 1 rings (SSSR count). The molecule has 0 aromatic heterocycles. The summed E-state index contributed by atoms with van der Waals surface area (Å²) in [6.45, 7) is 7.44. The minimum atomic E-state index is 0.563. The Balaban J connectivity index is 2.44. The molecule has 4 heteroatoms. The average molecular weight is 411 g/mol. The lowest BCUT2D eigenvalue weighted by atomic mass is 10.2. The van der Waals surface area contributed by atoms with Gasteiger partial charge in [-0.3, -0.25) is 0 Å². The average Bonchev–Trinajstić information content (AvgIpc) is 2.23. The molecule has 0 unspecified atom stereocenters. The minimum absolute atomic E-state index is 0.563. The van der Waals surface area contributed by atoms with E-state index >= 15 is 0 Å². The highest BCUT2D eigenvalue weighted by molar-refractivity contribution is 14.1. The second-order valence-electron chi connectivity index (χ2n) is 4.58. The van der Waals surface area contributed by atoms with Crippen molar-refractivity contribution in [3.8, 4) is 0 Å².